The molecule has 0 aliphatic heterocycles. The summed E-state index contributed by atoms with van der Waals surface area (Å²) in [6.45, 7) is 8.69. The molecule has 4 aromatic carbocycles. The van der Waals surface area contributed by atoms with Crippen LogP contribution in [0.4, 0.5) is 5.69 Å². The van der Waals surface area contributed by atoms with Crippen molar-refractivity contribution in [1.29, 1.82) is 0 Å². The van der Waals surface area contributed by atoms with Crippen molar-refractivity contribution >= 4 is 28.8 Å². The molecule has 1 aliphatic carbocycles. The van der Waals surface area contributed by atoms with E-state index >= 15 is 0 Å². The Kier molecular flexibility index (Phi) is 4.82. The fourth-order valence-corrected chi connectivity index (χ4v) is 5.11. The molecule has 1 unspecified atom stereocenters. The van der Waals surface area contributed by atoms with Crippen LogP contribution in [0.1, 0.15) is 51.8 Å². The molecule has 152 valence electrons. The van der Waals surface area contributed by atoms with Gasteiger partial charge >= 0.3 is 0 Å². The highest BCUT2D eigenvalue weighted by Gasteiger charge is 2.26. The van der Waals surface area contributed by atoms with Gasteiger partial charge in [-0.05, 0) is 66.3 Å². The van der Waals surface area contributed by atoms with Crippen LogP contribution >= 0.6 is 0 Å². The number of aliphatic imine (C=N–C) groups is 1. The number of aryl methyl sites for hydroxylation is 3. The zero-order chi connectivity index (χ0) is 21.5. The number of hydrogen-bond donors (Lipinski definition) is 0. The quantitative estimate of drug-likeness (QED) is 0.308. The lowest BCUT2D eigenvalue weighted by molar-refractivity contribution is 0.977. The van der Waals surface area contributed by atoms with Crippen LogP contribution in [-0.2, 0) is 0 Å². The lowest BCUT2D eigenvalue weighted by Crippen LogP contribution is -2.04. The van der Waals surface area contributed by atoms with Crippen LogP contribution in [0, 0.1) is 20.8 Å². The monoisotopic (exact) mass is 401 g/mol. The standard InChI is InChI=1S/C30H27N/c1-19-15-21(3)30(22(4)16-19)31-18-28-25-11-7-5-9-23(25)13-14-27(28)29-20(2)17-24-10-6-8-12-26(24)29/h5-18,29H,1-4H3. The third-order valence-corrected chi connectivity index (χ3v) is 6.42. The molecule has 1 nitrogen and oxygen atoms in total. The van der Waals surface area contributed by atoms with E-state index in [-0.39, 0.29) is 5.92 Å². The highest BCUT2D eigenvalue weighted by Crippen LogP contribution is 2.43. The normalized spacial score (nSPS) is 15.5. The van der Waals surface area contributed by atoms with Crippen LogP contribution in [-0.4, -0.2) is 6.21 Å². The van der Waals surface area contributed by atoms with Crippen molar-refractivity contribution < 1.29 is 0 Å². The maximum Gasteiger partial charge on any atom is 0.0688 e. The molecule has 0 N–H and O–H groups in total. The first-order valence-electron chi connectivity index (χ1n) is 10.9. The van der Waals surface area contributed by atoms with E-state index in [4.69, 9.17) is 4.99 Å². The van der Waals surface area contributed by atoms with E-state index in [9.17, 15) is 0 Å². The van der Waals surface area contributed by atoms with Gasteiger partial charge in [-0.2, -0.15) is 0 Å². The third kappa shape index (κ3) is 3.41. The third-order valence-electron chi connectivity index (χ3n) is 6.42. The van der Waals surface area contributed by atoms with Crippen LogP contribution in [0.15, 0.2) is 83.4 Å². The van der Waals surface area contributed by atoms with Crippen molar-refractivity contribution in [3.8, 4) is 0 Å². The van der Waals surface area contributed by atoms with E-state index in [0.29, 0.717) is 0 Å². The summed E-state index contributed by atoms with van der Waals surface area (Å²) in [5, 5.41) is 2.50. The van der Waals surface area contributed by atoms with E-state index in [2.05, 4.69) is 113 Å². The fourth-order valence-electron chi connectivity index (χ4n) is 5.11. The lowest BCUT2D eigenvalue weighted by atomic mass is 9.84. The van der Waals surface area contributed by atoms with Gasteiger partial charge in [0.2, 0.25) is 0 Å². The van der Waals surface area contributed by atoms with Crippen LogP contribution in [0.25, 0.3) is 16.8 Å². The SMILES string of the molecule is CC1=Cc2ccccc2C1c1ccc2ccccc2c1C=Nc1c(C)cc(C)cc1C. The number of nitrogens with zero attached hydrogens (tertiary/aromatic N) is 1. The lowest BCUT2D eigenvalue weighted by Gasteiger charge is -2.19. The van der Waals surface area contributed by atoms with E-state index in [1.54, 1.807) is 0 Å². The van der Waals surface area contributed by atoms with Gasteiger partial charge in [0.1, 0.15) is 0 Å². The smallest absolute Gasteiger partial charge is 0.0688 e. The first kappa shape index (κ1) is 19.5. The summed E-state index contributed by atoms with van der Waals surface area (Å²) < 4.78 is 0. The molecule has 1 aliphatic rings. The van der Waals surface area contributed by atoms with Crippen molar-refractivity contribution in [2.45, 2.75) is 33.6 Å². The van der Waals surface area contributed by atoms with E-state index in [1.807, 2.05) is 0 Å². The Balaban J connectivity index is 1.72. The summed E-state index contributed by atoms with van der Waals surface area (Å²) in [4.78, 5) is 5.04. The Morgan fingerprint density at radius 3 is 2.26 bits per heavy atom. The second kappa shape index (κ2) is 7.67. The second-order valence-corrected chi connectivity index (χ2v) is 8.75. The van der Waals surface area contributed by atoms with Crippen molar-refractivity contribution in [1.82, 2.24) is 0 Å². The zero-order valence-electron chi connectivity index (χ0n) is 18.6. The van der Waals surface area contributed by atoms with Gasteiger partial charge in [0, 0.05) is 17.7 Å². The van der Waals surface area contributed by atoms with E-state index in [1.165, 1.54) is 55.3 Å². The molecule has 0 radical (unpaired) electrons. The maximum atomic E-state index is 5.04. The Labute approximate surface area is 184 Å². The number of hydrogen-bond acceptors (Lipinski definition) is 1. The van der Waals surface area contributed by atoms with Gasteiger partial charge in [0.25, 0.3) is 0 Å². The summed E-state index contributed by atoms with van der Waals surface area (Å²) in [5.41, 5.74) is 11.4. The highest BCUT2D eigenvalue weighted by molar-refractivity contribution is 6.02. The average Bonchev–Trinajstić information content (AvgIpc) is 3.08. The minimum absolute atomic E-state index is 0.266. The molecular formula is C30H27N. The summed E-state index contributed by atoms with van der Waals surface area (Å²) in [5.74, 6) is 0.266. The van der Waals surface area contributed by atoms with Crippen LogP contribution < -0.4 is 0 Å². The van der Waals surface area contributed by atoms with E-state index < -0.39 is 0 Å². The summed E-state index contributed by atoms with van der Waals surface area (Å²) in [6, 6.07) is 26.3. The van der Waals surface area contributed by atoms with Gasteiger partial charge in [0.15, 0.2) is 0 Å². The van der Waals surface area contributed by atoms with Crippen molar-refractivity contribution in [2.24, 2.45) is 4.99 Å². The second-order valence-electron chi connectivity index (χ2n) is 8.75. The van der Waals surface area contributed by atoms with Gasteiger partial charge in [-0.25, -0.2) is 0 Å². The first-order valence-corrected chi connectivity index (χ1v) is 10.9. The molecule has 0 heterocycles. The van der Waals surface area contributed by atoms with E-state index in [0.717, 1.165) is 5.69 Å². The molecule has 0 fully saturated rings. The molecule has 0 amide bonds. The number of allylic oxidation sites excluding steroid dienone is 1. The summed E-state index contributed by atoms with van der Waals surface area (Å²) in [6.07, 6.45) is 4.42. The molecule has 0 saturated heterocycles. The van der Waals surface area contributed by atoms with Crippen molar-refractivity contribution in [3.05, 3.63) is 117 Å². The molecule has 1 atom stereocenters. The Morgan fingerprint density at radius 1 is 0.742 bits per heavy atom. The van der Waals surface area contributed by atoms with Gasteiger partial charge in [0.05, 0.1) is 5.69 Å². The highest BCUT2D eigenvalue weighted by atomic mass is 14.7. The maximum absolute atomic E-state index is 5.04. The first-order chi connectivity index (χ1) is 15.0. The molecule has 0 aromatic heterocycles. The molecule has 0 spiro atoms. The topological polar surface area (TPSA) is 12.4 Å². The molecule has 1 heteroatoms. The van der Waals surface area contributed by atoms with Gasteiger partial charge in [-0.3, -0.25) is 4.99 Å². The Morgan fingerprint density at radius 2 is 1.45 bits per heavy atom. The predicted molar refractivity (Wildman–Crippen MR) is 134 cm³/mol. The van der Waals surface area contributed by atoms with Gasteiger partial charge in [-0.15, -0.1) is 0 Å². The molecule has 5 rings (SSSR count). The molecule has 4 aromatic rings. The van der Waals surface area contributed by atoms with Crippen LogP contribution in [0.5, 0.6) is 0 Å². The number of rotatable bonds is 3. The molecule has 0 bridgehead atoms. The minimum Gasteiger partial charge on any atom is -0.256 e. The minimum atomic E-state index is 0.266. The molecular weight excluding hydrogens is 374 g/mol. The number of benzene rings is 4. The van der Waals surface area contributed by atoms with Crippen molar-refractivity contribution in [2.75, 3.05) is 0 Å². The summed E-state index contributed by atoms with van der Waals surface area (Å²) in [7, 11) is 0. The zero-order valence-corrected chi connectivity index (χ0v) is 18.6. The Bertz CT molecular complexity index is 1350. The van der Waals surface area contributed by atoms with Crippen molar-refractivity contribution in [3.63, 3.8) is 0 Å². The number of fused-ring (bicyclic) bond motifs is 2. The molecule has 31 heavy (non-hydrogen) atoms. The largest absolute Gasteiger partial charge is 0.256 e. The Hall–Kier alpha value is -3.45. The van der Waals surface area contributed by atoms with Crippen LogP contribution in [0.2, 0.25) is 0 Å². The fraction of sp³-hybridized carbons (Fsp3) is 0.167. The van der Waals surface area contributed by atoms with Gasteiger partial charge in [-0.1, -0.05) is 90.0 Å². The molecule has 0 saturated carbocycles. The average molecular weight is 402 g/mol. The summed E-state index contributed by atoms with van der Waals surface area (Å²) >= 11 is 0. The van der Waals surface area contributed by atoms with Gasteiger partial charge < -0.3 is 0 Å². The van der Waals surface area contributed by atoms with Crippen LogP contribution in [0.3, 0.4) is 0 Å². The predicted octanol–water partition coefficient (Wildman–Crippen LogP) is 8.06.